The second-order valence-corrected chi connectivity index (χ2v) is 4.70. The molecule has 0 heterocycles. The highest BCUT2D eigenvalue weighted by molar-refractivity contribution is 5.87. The first kappa shape index (κ1) is 16.7. The van der Waals surface area contributed by atoms with E-state index in [9.17, 15) is 9.59 Å². The molecule has 0 bridgehead atoms. The van der Waals surface area contributed by atoms with Crippen LogP contribution in [0.15, 0.2) is 12.7 Å². The average Bonchev–Trinajstić information content (AvgIpc) is 2.31. The lowest BCUT2D eigenvalue weighted by Crippen LogP contribution is -2.34. The molecule has 0 aliphatic carbocycles. The van der Waals surface area contributed by atoms with Gasteiger partial charge in [-0.15, -0.1) is 0 Å². The molecule has 1 amide bonds. The van der Waals surface area contributed by atoms with Gasteiger partial charge in [-0.2, -0.15) is 0 Å². The van der Waals surface area contributed by atoms with E-state index in [1.54, 1.807) is 4.90 Å². The number of hydrogen-bond acceptors (Lipinski definition) is 3. The fraction of sp³-hybridized carbons (Fsp3) is 0.714. The van der Waals surface area contributed by atoms with Crippen LogP contribution in [-0.4, -0.2) is 36.5 Å². The highest BCUT2D eigenvalue weighted by atomic mass is 16.5. The maximum absolute atomic E-state index is 11.5. The quantitative estimate of drug-likeness (QED) is 0.469. The van der Waals surface area contributed by atoms with E-state index in [1.165, 1.54) is 6.08 Å². The van der Waals surface area contributed by atoms with Gasteiger partial charge in [-0.1, -0.05) is 33.8 Å². The van der Waals surface area contributed by atoms with Gasteiger partial charge in [0.2, 0.25) is 5.91 Å². The van der Waals surface area contributed by atoms with Gasteiger partial charge in [-0.05, 0) is 18.4 Å². The smallest absolute Gasteiger partial charge is 0.306 e. The van der Waals surface area contributed by atoms with E-state index in [4.69, 9.17) is 4.74 Å². The summed E-state index contributed by atoms with van der Waals surface area (Å²) in [6.45, 7) is 10.9. The van der Waals surface area contributed by atoms with Gasteiger partial charge in [0.05, 0.1) is 6.54 Å². The van der Waals surface area contributed by atoms with Crippen molar-refractivity contribution in [3.8, 4) is 0 Å². The zero-order chi connectivity index (χ0) is 14.0. The number of amides is 1. The molecule has 0 N–H and O–H groups in total. The van der Waals surface area contributed by atoms with Crippen molar-refractivity contribution in [2.24, 2.45) is 5.92 Å². The first-order chi connectivity index (χ1) is 8.51. The molecular weight excluding hydrogens is 230 g/mol. The topological polar surface area (TPSA) is 46.6 Å². The zero-order valence-electron chi connectivity index (χ0n) is 11.8. The third-order valence-corrected chi connectivity index (χ3v) is 2.47. The molecular formula is C14H25NO3. The van der Waals surface area contributed by atoms with Gasteiger partial charge in [0, 0.05) is 13.0 Å². The molecule has 0 rings (SSSR count). The zero-order valence-corrected chi connectivity index (χ0v) is 11.8. The van der Waals surface area contributed by atoms with Crippen LogP contribution in [0.1, 0.15) is 40.0 Å². The number of ether oxygens (including phenoxy) is 1. The summed E-state index contributed by atoms with van der Waals surface area (Å²) in [5.74, 6) is -0.0154. The Bertz CT molecular complexity index is 274. The number of rotatable bonds is 9. The number of carbonyl (C=O) groups excluding carboxylic acids is 2. The number of carbonyl (C=O) groups is 2. The second kappa shape index (κ2) is 9.68. The molecule has 0 aromatic heterocycles. The van der Waals surface area contributed by atoms with Crippen LogP contribution in [0.4, 0.5) is 0 Å². The van der Waals surface area contributed by atoms with Gasteiger partial charge in [0.25, 0.3) is 0 Å². The average molecular weight is 255 g/mol. The molecule has 0 spiro atoms. The van der Waals surface area contributed by atoms with Crippen molar-refractivity contribution < 1.29 is 14.3 Å². The lowest BCUT2D eigenvalue weighted by atomic mass is 10.1. The maximum atomic E-state index is 11.5. The van der Waals surface area contributed by atoms with Gasteiger partial charge in [-0.3, -0.25) is 9.59 Å². The molecule has 0 unspecified atom stereocenters. The summed E-state index contributed by atoms with van der Waals surface area (Å²) in [4.78, 5) is 24.5. The summed E-state index contributed by atoms with van der Waals surface area (Å²) >= 11 is 0. The van der Waals surface area contributed by atoms with Crippen LogP contribution in [0.25, 0.3) is 0 Å². The molecule has 0 aliphatic rings. The summed E-state index contributed by atoms with van der Waals surface area (Å²) in [5, 5.41) is 0. The minimum atomic E-state index is -0.202. The Kier molecular flexibility index (Phi) is 8.97. The molecule has 4 heteroatoms. The number of hydrogen-bond donors (Lipinski definition) is 0. The summed E-state index contributed by atoms with van der Waals surface area (Å²) in [7, 11) is 0. The molecule has 0 saturated carbocycles. The SMILES string of the molecule is C=CC(=O)N(CCCC)CCOC(=O)CC(C)C. The van der Waals surface area contributed by atoms with Crippen molar-refractivity contribution in [1.29, 1.82) is 0 Å². The van der Waals surface area contributed by atoms with Gasteiger partial charge in [0.15, 0.2) is 0 Å². The molecule has 0 fully saturated rings. The van der Waals surface area contributed by atoms with Crippen LogP contribution in [-0.2, 0) is 14.3 Å². The van der Waals surface area contributed by atoms with Crippen LogP contribution < -0.4 is 0 Å². The van der Waals surface area contributed by atoms with E-state index >= 15 is 0 Å². The van der Waals surface area contributed by atoms with Crippen LogP contribution in [0.5, 0.6) is 0 Å². The second-order valence-electron chi connectivity index (χ2n) is 4.70. The fourth-order valence-corrected chi connectivity index (χ4v) is 1.47. The summed E-state index contributed by atoms with van der Waals surface area (Å²) in [6, 6.07) is 0. The van der Waals surface area contributed by atoms with Crippen LogP contribution >= 0.6 is 0 Å². The Morgan fingerprint density at radius 2 is 2.00 bits per heavy atom. The fourth-order valence-electron chi connectivity index (χ4n) is 1.47. The summed E-state index contributed by atoms with van der Waals surface area (Å²) in [5.41, 5.74) is 0. The van der Waals surface area contributed by atoms with E-state index in [2.05, 4.69) is 13.5 Å². The largest absolute Gasteiger partial charge is 0.464 e. The van der Waals surface area contributed by atoms with E-state index in [0.29, 0.717) is 25.4 Å². The number of unbranched alkanes of at least 4 members (excludes halogenated alkanes) is 1. The Hall–Kier alpha value is -1.32. The number of esters is 1. The molecule has 0 saturated heterocycles. The van der Waals surface area contributed by atoms with Gasteiger partial charge in [0.1, 0.15) is 6.61 Å². The summed E-state index contributed by atoms with van der Waals surface area (Å²) in [6.07, 6.45) is 3.68. The lowest BCUT2D eigenvalue weighted by molar-refractivity contribution is -0.146. The molecule has 18 heavy (non-hydrogen) atoms. The molecule has 0 aromatic carbocycles. The minimum Gasteiger partial charge on any atom is -0.464 e. The Morgan fingerprint density at radius 1 is 1.33 bits per heavy atom. The minimum absolute atomic E-state index is 0.108. The van der Waals surface area contributed by atoms with Crippen LogP contribution in [0.3, 0.4) is 0 Å². The first-order valence-corrected chi connectivity index (χ1v) is 6.58. The molecule has 0 aliphatic heterocycles. The Morgan fingerprint density at radius 3 is 2.50 bits per heavy atom. The predicted molar refractivity (Wildman–Crippen MR) is 72.1 cm³/mol. The van der Waals surface area contributed by atoms with Crippen LogP contribution in [0, 0.1) is 5.92 Å². The van der Waals surface area contributed by atoms with E-state index in [-0.39, 0.29) is 18.5 Å². The molecule has 104 valence electrons. The third kappa shape index (κ3) is 7.87. The predicted octanol–water partition coefficient (Wildman–Crippen LogP) is 2.39. The van der Waals surface area contributed by atoms with Crippen molar-refractivity contribution >= 4 is 11.9 Å². The van der Waals surface area contributed by atoms with Crippen molar-refractivity contribution in [1.82, 2.24) is 4.90 Å². The molecule has 4 nitrogen and oxygen atoms in total. The van der Waals surface area contributed by atoms with Gasteiger partial charge in [-0.25, -0.2) is 0 Å². The van der Waals surface area contributed by atoms with E-state index < -0.39 is 0 Å². The standard InChI is InChI=1S/C14H25NO3/c1-5-7-8-15(13(16)6-2)9-10-18-14(17)11-12(3)4/h6,12H,2,5,7-11H2,1,3-4H3. The van der Waals surface area contributed by atoms with E-state index in [1.807, 2.05) is 13.8 Å². The Balaban J connectivity index is 3.99. The summed E-state index contributed by atoms with van der Waals surface area (Å²) < 4.78 is 5.09. The molecule has 0 aromatic rings. The van der Waals surface area contributed by atoms with Gasteiger partial charge < -0.3 is 9.64 Å². The Labute approximate surface area is 110 Å². The van der Waals surface area contributed by atoms with Crippen molar-refractivity contribution in [3.05, 3.63) is 12.7 Å². The molecule has 0 atom stereocenters. The van der Waals surface area contributed by atoms with Crippen LogP contribution in [0.2, 0.25) is 0 Å². The van der Waals surface area contributed by atoms with Crippen molar-refractivity contribution in [2.75, 3.05) is 19.7 Å². The highest BCUT2D eigenvalue weighted by Crippen LogP contribution is 2.02. The molecule has 0 radical (unpaired) electrons. The van der Waals surface area contributed by atoms with E-state index in [0.717, 1.165) is 12.8 Å². The normalized spacial score (nSPS) is 10.2. The van der Waals surface area contributed by atoms with Gasteiger partial charge >= 0.3 is 5.97 Å². The van der Waals surface area contributed by atoms with Crippen molar-refractivity contribution in [3.63, 3.8) is 0 Å². The monoisotopic (exact) mass is 255 g/mol. The maximum Gasteiger partial charge on any atom is 0.306 e. The highest BCUT2D eigenvalue weighted by Gasteiger charge is 2.11. The number of nitrogens with zero attached hydrogens (tertiary/aromatic N) is 1. The third-order valence-electron chi connectivity index (χ3n) is 2.47. The van der Waals surface area contributed by atoms with Crippen molar-refractivity contribution in [2.45, 2.75) is 40.0 Å². The lowest BCUT2D eigenvalue weighted by Gasteiger charge is -2.20. The first-order valence-electron chi connectivity index (χ1n) is 6.58.